The van der Waals surface area contributed by atoms with E-state index in [0.29, 0.717) is 37.7 Å². The van der Waals surface area contributed by atoms with Crippen molar-refractivity contribution < 1.29 is 31.9 Å². The van der Waals surface area contributed by atoms with Gasteiger partial charge in [-0.25, -0.2) is 21.9 Å². The predicted octanol–water partition coefficient (Wildman–Crippen LogP) is 2.10. The molecule has 0 aromatic heterocycles. The summed E-state index contributed by atoms with van der Waals surface area (Å²) in [4.78, 5) is 27.3. The van der Waals surface area contributed by atoms with Crippen LogP contribution in [-0.2, 0) is 24.3 Å². The van der Waals surface area contributed by atoms with Crippen molar-refractivity contribution in [2.75, 3.05) is 50.6 Å². The second-order valence-corrected chi connectivity index (χ2v) is 9.76. The first kappa shape index (κ1) is 24.6. The van der Waals surface area contributed by atoms with E-state index < -0.39 is 33.8 Å². The summed E-state index contributed by atoms with van der Waals surface area (Å²) >= 11 is 0. The van der Waals surface area contributed by atoms with Gasteiger partial charge in [-0.15, -0.1) is 0 Å². The summed E-state index contributed by atoms with van der Waals surface area (Å²) in [5.41, 5.74) is 0.866. The number of nitrogens with one attached hydrogen (secondary N) is 1. The van der Waals surface area contributed by atoms with Gasteiger partial charge >= 0.3 is 5.97 Å². The lowest BCUT2D eigenvalue weighted by Crippen LogP contribution is -2.37. The van der Waals surface area contributed by atoms with Crippen LogP contribution in [0.5, 0.6) is 0 Å². The van der Waals surface area contributed by atoms with Gasteiger partial charge in [0.15, 0.2) is 6.10 Å². The van der Waals surface area contributed by atoms with Crippen molar-refractivity contribution in [1.82, 2.24) is 4.31 Å². The molecule has 1 amide bonds. The zero-order valence-electron chi connectivity index (χ0n) is 18.6. The molecule has 0 saturated carbocycles. The summed E-state index contributed by atoms with van der Waals surface area (Å²) in [6, 6.07) is 9.40. The summed E-state index contributed by atoms with van der Waals surface area (Å²) in [6.07, 6.45) is -1.19. The molecule has 1 aliphatic heterocycles. The predicted molar refractivity (Wildman–Crippen MR) is 120 cm³/mol. The number of carbonyl (C=O) groups is 2. The van der Waals surface area contributed by atoms with Crippen LogP contribution in [0.25, 0.3) is 0 Å². The quantitative estimate of drug-likeness (QED) is 0.607. The Labute approximate surface area is 192 Å². The number of anilines is 2. The van der Waals surface area contributed by atoms with Crippen LogP contribution in [0, 0.1) is 5.82 Å². The fourth-order valence-corrected chi connectivity index (χ4v) is 4.11. The standard InChI is InChI=1S/C22H26FN3O6S/c1-15(21(27)24-17-6-4-16(23)5-7-17)32-22(28)19-14-18(33(29,30)25(2)3)8-9-20(19)26-10-12-31-13-11-26/h4-9,14-15H,10-13H2,1-3H3,(H,24,27)/t15-/m1/s1. The second-order valence-electron chi connectivity index (χ2n) is 7.61. The van der Waals surface area contributed by atoms with Gasteiger partial charge in [0.25, 0.3) is 5.91 Å². The number of hydrogen-bond acceptors (Lipinski definition) is 7. The van der Waals surface area contributed by atoms with E-state index in [-0.39, 0.29) is 10.5 Å². The molecule has 2 aromatic carbocycles. The zero-order chi connectivity index (χ0) is 24.2. The number of amides is 1. The van der Waals surface area contributed by atoms with Gasteiger partial charge in [0.2, 0.25) is 10.0 Å². The number of sulfonamides is 1. The van der Waals surface area contributed by atoms with Crippen molar-refractivity contribution in [2.45, 2.75) is 17.9 Å². The van der Waals surface area contributed by atoms with E-state index in [1.54, 1.807) is 6.07 Å². The van der Waals surface area contributed by atoms with Gasteiger partial charge in [-0.1, -0.05) is 0 Å². The van der Waals surface area contributed by atoms with Gasteiger partial charge < -0.3 is 19.7 Å². The van der Waals surface area contributed by atoms with Gasteiger partial charge in [0.1, 0.15) is 5.82 Å². The van der Waals surface area contributed by atoms with E-state index in [1.165, 1.54) is 57.4 Å². The Balaban J connectivity index is 1.85. The number of hydrogen-bond donors (Lipinski definition) is 1. The molecule has 3 rings (SSSR count). The number of nitrogens with zero attached hydrogens (tertiary/aromatic N) is 2. The van der Waals surface area contributed by atoms with Gasteiger partial charge in [0.05, 0.1) is 29.4 Å². The average Bonchev–Trinajstić information content (AvgIpc) is 2.80. The Bertz CT molecular complexity index is 1120. The molecule has 9 nitrogen and oxygen atoms in total. The Hall–Kier alpha value is -3.02. The minimum atomic E-state index is -3.80. The summed E-state index contributed by atoms with van der Waals surface area (Å²) in [6.45, 7) is 3.35. The number of esters is 1. The van der Waals surface area contributed by atoms with Gasteiger partial charge in [-0.05, 0) is 49.4 Å². The highest BCUT2D eigenvalue weighted by Crippen LogP contribution is 2.27. The molecule has 0 radical (unpaired) electrons. The van der Waals surface area contributed by atoms with E-state index in [4.69, 9.17) is 9.47 Å². The number of morpholine rings is 1. The molecule has 0 aliphatic carbocycles. The highest BCUT2D eigenvalue weighted by atomic mass is 32.2. The van der Waals surface area contributed by atoms with E-state index in [1.807, 2.05) is 4.90 Å². The Morgan fingerprint density at radius 3 is 2.36 bits per heavy atom. The lowest BCUT2D eigenvalue weighted by molar-refractivity contribution is -0.123. The maximum atomic E-state index is 13.1. The lowest BCUT2D eigenvalue weighted by atomic mass is 10.1. The summed E-state index contributed by atoms with van der Waals surface area (Å²) in [5, 5.41) is 2.54. The molecule has 0 spiro atoms. The van der Waals surface area contributed by atoms with Crippen LogP contribution in [0.3, 0.4) is 0 Å². The maximum absolute atomic E-state index is 13.1. The first-order valence-electron chi connectivity index (χ1n) is 10.3. The molecule has 11 heteroatoms. The molecule has 1 atom stereocenters. The summed E-state index contributed by atoms with van der Waals surface area (Å²) in [7, 11) is -1.01. The topological polar surface area (TPSA) is 105 Å². The van der Waals surface area contributed by atoms with E-state index in [9.17, 15) is 22.4 Å². The Morgan fingerprint density at radius 2 is 1.76 bits per heavy atom. The summed E-state index contributed by atoms with van der Waals surface area (Å²) in [5.74, 6) is -1.90. The lowest BCUT2D eigenvalue weighted by Gasteiger charge is -2.30. The van der Waals surface area contributed by atoms with Crippen molar-refractivity contribution >= 4 is 33.3 Å². The molecule has 1 N–H and O–H groups in total. The van der Waals surface area contributed by atoms with Crippen molar-refractivity contribution in [3.05, 3.63) is 53.8 Å². The number of halogens is 1. The van der Waals surface area contributed by atoms with Gasteiger partial charge in [-0.3, -0.25) is 4.79 Å². The number of ether oxygens (including phenoxy) is 2. The molecule has 0 unspecified atom stereocenters. The summed E-state index contributed by atoms with van der Waals surface area (Å²) < 4.78 is 50.0. The van der Waals surface area contributed by atoms with Gasteiger partial charge in [0, 0.05) is 32.9 Å². The molecule has 33 heavy (non-hydrogen) atoms. The zero-order valence-corrected chi connectivity index (χ0v) is 19.4. The second kappa shape index (κ2) is 10.3. The first-order chi connectivity index (χ1) is 15.6. The molecule has 1 heterocycles. The molecule has 178 valence electrons. The molecule has 2 aromatic rings. The largest absolute Gasteiger partial charge is 0.449 e. The molecule has 1 aliphatic rings. The van der Waals surface area contributed by atoms with Crippen LogP contribution >= 0.6 is 0 Å². The molecule has 1 fully saturated rings. The Morgan fingerprint density at radius 1 is 1.12 bits per heavy atom. The molecular formula is C22H26FN3O6S. The third kappa shape index (κ3) is 5.86. The van der Waals surface area contributed by atoms with Crippen molar-refractivity contribution in [1.29, 1.82) is 0 Å². The highest BCUT2D eigenvalue weighted by molar-refractivity contribution is 7.89. The fraction of sp³-hybridized carbons (Fsp3) is 0.364. The maximum Gasteiger partial charge on any atom is 0.341 e. The molecular weight excluding hydrogens is 453 g/mol. The third-order valence-electron chi connectivity index (χ3n) is 5.08. The highest BCUT2D eigenvalue weighted by Gasteiger charge is 2.27. The minimum Gasteiger partial charge on any atom is -0.449 e. The number of rotatable bonds is 7. The number of benzene rings is 2. The minimum absolute atomic E-state index is 0.0289. The fourth-order valence-electron chi connectivity index (χ4n) is 3.18. The van der Waals surface area contributed by atoms with E-state index in [0.717, 1.165) is 4.31 Å². The van der Waals surface area contributed by atoms with Crippen LogP contribution in [0.1, 0.15) is 17.3 Å². The van der Waals surface area contributed by atoms with Crippen molar-refractivity contribution in [2.24, 2.45) is 0 Å². The Kier molecular flexibility index (Phi) is 7.67. The van der Waals surface area contributed by atoms with Crippen molar-refractivity contribution in [3.63, 3.8) is 0 Å². The van der Waals surface area contributed by atoms with Crippen LogP contribution < -0.4 is 10.2 Å². The smallest absolute Gasteiger partial charge is 0.341 e. The SMILES string of the molecule is C[C@@H](OC(=O)c1cc(S(=O)(=O)N(C)C)ccc1N1CCOCC1)C(=O)Nc1ccc(F)cc1. The van der Waals surface area contributed by atoms with Crippen molar-refractivity contribution in [3.8, 4) is 0 Å². The van der Waals surface area contributed by atoms with Crippen LogP contribution in [0.4, 0.5) is 15.8 Å². The number of carbonyl (C=O) groups excluding carboxylic acids is 2. The molecule has 0 bridgehead atoms. The average molecular weight is 480 g/mol. The van der Waals surface area contributed by atoms with Crippen LogP contribution in [0.2, 0.25) is 0 Å². The van der Waals surface area contributed by atoms with E-state index in [2.05, 4.69) is 5.32 Å². The monoisotopic (exact) mass is 479 g/mol. The molecule has 1 saturated heterocycles. The van der Waals surface area contributed by atoms with E-state index >= 15 is 0 Å². The third-order valence-corrected chi connectivity index (χ3v) is 6.89. The first-order valence-corrected chi connectivity index (χ1v) is 11.7. The van der Waals surface area contributed by atoms with Gasteiger partial charge in [-0.2, -0.15) is 0 Å². The van der Waals surface area contributed by atoms with Crippen LogP contribution in [0.15, 0.2) is 47.4 Å². The van der Waals surface area contributed by atoms with Crippen LogP contribution in [-0.4, -0.2) is 71.1 Å². The normalized spacial score (nSPS) is 15.2.